The van der Waals surface area contributed by atoms with Gasteiger partial charge >= 0.3 is 5.97 Å². The molecule has 0 aliphatic carbocycles. The number of benzene rings is 3. The minimum atomic E-state index is -0.668. The van der Waals surface area contributed by atoms with Gasteiger partial charge in [0.2, 0.25) is 0 Å². The van der Waals surface area contributed by atoms with Gasteiger partial charge in [-0.25, -0.2) is 9.79 Å². The van der Waals surface area contributed by atoms with E-state index in [1.165, 1.54) is 11.3 Å². The number of fused-ring (bicyclic) bond motifs is 1. The Balaban J connectivity index is 1.53. The van der Waals surface area contributed by atoms with Crippen molar-refractivity contribution in [3.05, 3.63) is 118 Å². The van der Waals surface area contributed by atoms with Gasteiger partial charge in [0.25, 0.3) is 5.56 Å². The van der Waals surface area contributed by atoms with Crippen molar-refractivity contribution in [3.8, 4) is 11.5 Å². The van der Waals surface area contributed by atoms with Crippen LogP contribution in [-0.4, -0.2) is 30.5 Å². The highest BCUT2D eigenvalue weighted by Gasteiger charge is 2.33. The molecule has 0 fully saturated rings. The summed E-state index contributed by atoms with van der Waals surface area (Å²) >= 11 is 15.2. The van der Waals surface area contributed by atoms with Crippen LogP contribution in [0, 0.1) is 0 Å². The Kier molecular flexibility index (Phi) is 9.66. The highest BCUT2D eigenvalue weighted by atomic mass is 35.5. The van der Waals surface area contributed by atoms with Crippen LogP contribution >= 0.6 is 46.3 Å². The van der Waals surface area contributed by atoms with Gasteiger partial charge < -0.3 is 14.2 Å². The van der Waals surface area contributed by atoms with Crippen LogP contribution in [-0.2, 0) is 16.1 Å². The molecule has 4 aromatic rings. The first kappa shape index (κ1) is 30.9. The van der Waals surface area contributed by atoms with E-state index in [0.717, 1.165) is 21.6 Å². The molecule has 1 aliphatic rings. The Morgan fingerprint density at radius 3 is 2.53 bits per heavy atom. The third kappa shape index (κ3) is 6.55. The highest BCUT2D eigenvalue weighted by molar-refractivity contribution is 7.98. The fourth-order valence-corrected chi connectivity index (χ4v) is 6.65. The number of aromatic nitrogens is 1. The van der Waals surface area contributed by atoms with Crippen LogP contribution < -0.4 is 24.4 Å². The lowest BCUT2D eigenvalue weighted by molar-refractivity contribution is -0.139. The Morgan fingerprint density at radius 2 is 1.86 bits per heavy atom. The highest BCUT2D eigenvalue weighted by Crippen LogP contribution is 2.33. The molecule has 5 rings (SSSR count). The minimum Gasteiger partial charge on any atom is -0.493 e. The number of hydrogen-bond donors (Lipinski definition) is 0. The molecule has 0 amide bonds. The SMILES string of the molecule is CCOC(=O)C1=C(C)N=c2s/c(=C\c3ccc(OCc4ccc(Cl)cc4Cl)c(OC)c3)c(=O)n2[C@@H]1c1ccc(SC)cc1. The monoisotopic (exact) mass is 654 g/mol. The van der Waals surface area contributed by atoms with Crippen LogP contribution in [0.2, 0.25) is 10.0 Å². The second-order valence-corrected chi connectivity index (χ2v) is 12.2. The maximum atomic E-state index is 13.9. The Bertz CT molecular complexity index is 1900. The largest absolute Gasteiger partial charge is 0.493 e. The van der Waals surface area contributed by atoms with Crippen molar-refractivity contribution in [2.75, 3.05) is 20.0 Å². The van der Waals surface area contributed by atoms with E-state index in [0.29, 0.717) is 42.1 Å². The zero-order valence-electron chi connectivity index (χ0n) is 23.9. The lowest BCUT2D eigenvalue weighted by Gasteiger charge is -2.24. The molecule has 3 aromatic carbocycles. The maximum absolute atomic E-state index is 13.9. The van der Waals surface area contributed by atoms with Crippen molar-refractivity contribution < 1.29 is 19.0 Å². The maximum Gasteiger partial charge on any atom is 0.338 e. The topological polar surface area (TPSA) is 79.1 Å². The third-order valence-corrected chi connectivity index (χ3v) is 9.15. The summed E-state index contributed by atoms with van der Waals surface area (Å²) in [6, 6.07) is 17.8. The summed E-state index contributed by atoms with van der Waals surface area (Å²) in [7, 11) is 1.55. The predicted octanol–water partition coefficient (Wildman–Crippen LogP) is 6.41. The number of thioether (sulfide) groups is 1. The van der Waals surface area contributed by atoms with Crippen molar-refractivity contribution in [1.82, 2.24) is 4.57 Å². The zero-order chi connectivity index (χ0) is 30.7. The van der Waals surface area contributed by atoms with E-state index in [1.54, 1.807) is 67.6 Å². The van der Waals surface area contributed by atoms with Crippen molar-refractivity contribution in [2.45, 2.75) is 31.4 Å². The molecular formula is C32H28Cl2N2O5S2. The molecule has 0 saturated heterocycles. The molecule has 1 atom stereocenters. The number of carbonyl (C=O) groups excluding carboxylic acids is 1. The van der Waals surface area contributed by atoms with Gasteiger partial charge in [-0.05, 0) is 73.7 Å². The molecule has 222 valence electrons. The molecule has 0 N–H and O–H groups in total. The average Bonchev–Trinajstić information content (AvgIpc) is 3.30. The van der Waals surface area contributed by atoms with E-state index >= 15 is 0 Å². The van der Waals surface area contributed by atoms with E-state index in [9.17, 15) is 9.59 Å². The lowest BCUT2D eigenvalue weighted by Crippen LogP contribution is -2.39. The fraction of sp³-hybridized carbons (Fsp3) is 0.219. The number of ether oxygens (including phenoxy) is 3. The molecule has 43 heavy (non-hydrogen) atoms. The van der Waals surface area contributed by atoms with Crippen LogP contribution in [0.3, 0.4) is 0 Å². The van der Waals surface area contributed by atoms with Crippen LogP contribution in [0.5, 0.6) is 11.5 Å². The summed E-state index contributed by atoms with van der Waals surface area (Å²) in [4.78, 5) is 33.3. The van der Waals surface area contributed by atoms with Gasteiger partial charge in [0.15, 0.2) is 16.3 Å². The molecule has 0 bridgehead atoms. The average molecular weight is 656 g/mol. The van der Waals surface area contributed by atoms with E-state index in [1.807, 2.05) is 42.7 Å². The summed E-state index contributed by atoms with van der Waals surface area (Å²) in [6.07, 6.45) is 3.78. The molecule has 7 nitrogen and oxygen atoms in total. The number of thiazole rings is 1. The van der Waals surface area contributed by atoms with Gasteiger partial charge in [0.1, 0.15) is 6.61 Å². The molecule has 11 heteroatoms. The summed E-state index contributed by atoms with van der Waals surface area (Å²) in [6.45, 7) is 3.97. The second-order valence-electron chi connectivity index (χ2n) is 9.51. The zero-order valence-corrected chi connectivity index (χ0v) is 27.0. The molecular weight excluding hydrogens is 627 g/mol. The normalized spacial score (nSPS) is 14.7. The first-order chi connectivity index (χ1) is 20.7. The van der Waals surface area contributed by atoms with E-state index < -0.39 is 12.0 Å². The summed E-state index contributed by atoms with van der Waals surface area (Å²) in [5.74, 6) is 0.534. The minimum absolute atomic E-state index is 0.215. The number of methoxy groups -OCH3 is 1. The predicted molar refractivity (Wildman–Crippen MR) is 172 cm³/mol. The van der Waals surface area contributed by atoms with Crippen LogP contribution in [0.15, 0.2) is 86.6 Å². The number of hydrogen-bond acceptors (Lipinski definition) is 8. The first-order valence-corrected chi connectivity index (χ1v) is 16.1. The molecule has 0 radical (unpaired) electrons. The van der Waals surface area contributed by atoms with Crippen molar-refractivity contribution in [3.63, 3.8) is 0 Å². The number of rotatable bonds is 9. The van der Waals surface area contributed by atoms with Gasteiger partial charge in [-0.2, -0.15) is 0 Å². The molecule has 2 heterocycles. The number of carbonyl (C=O) groups is 1. The Morgan fingerprint density at radius 1 is 1.09 bits per heavy atom. The van der Waals surface area contributed by atoms with Gasteiger partial charge in [-0.15, -0.1) is 11.8 Å². The van der Waals surface area contributed by atoms with E-state index in [2.05, 4.69) is 4.99 Å². The lowest BCUT2D eigenvalue weighted by atomic mass is 9.96. The summed E-state index contributed by atoms with van der Waals surface area (Å²) in [5, 5.41) is 1.06. The number of esters is 1. The Hall–Kier alpha value is -3.50. The van der Waals surface area contributed by atoms with Crippen molar-refractivity contribution in [2.24, 2.45) is 4.99 Å². The molecule has 0 saturated carbocycles. The Labute approximate surface area is 267 Å². The van der Waals surface area contributed by atoms with Crippen LogP contribution in [0.4, 0.5) is 0 Å². The van der Waals surface area contributed by atoms with E-state index in [-0.39, 0.29) is 18.8 Å². The molecule has 1 aliphatic heterocycles. The van der Waals surface area contributed by atoms with Crippen LogP contribution in [0.1, 0.15) is 36.6 Å². The van der Waals surface area contributed by atoms with E-state index in [4.69, 9.17) is 37.4 Å². The standard InChI is InChI=1S/C32H28Cl2N2O5S2/c1-5-40-31(38)28-18(2)35-32-36(29(28)20-8-11-23(42-4)12-9-20)30(37)27(43-32)15-19-6-13-25(26(14-19)39-3)41-17-21-7-10-22(33)16-24(21)34/h6-16,29H,5,17H2,1-4H3/b27-15-/t29-/m1/s1. The van der Waals surface area contributed by atoms with Crippen molar-refractivity contribution in [1.29, 1.82) is 0 Å². The number of halogens is 2. The second kappa shape index (κ2) is 13.4. The smallest absolute Gasteiger partial charge is 0.338 e. The molecule has 1 aromatic heterocycles. The number of allylic oxidation sites excluding steroid dienone is 1. The molecule has 0 unspecified atom stereocenters. The first-order valence-electron chi connectivity index (χ1n) is 13.3. The van der Waals surface area contributed by atoms with Crippen LogP contribution in [0.25, 0.3) is 6.08 Å². The fourth-order valence-electron chi connectivity index (χ4n) is 4.73. The van der Waals surface area contributed by atoms with Gasteiger partial charge in [0.05, 0.1) is 35.6 Å². The summed E-state index contributed by atoms with van der Waals surface area (Å²) in [5.41, 5.74) is 2.94. The van der Waals surface area contributed by atoms with Gasteiger partial charge in [0, 0.05) is 20.5 Å². The third-order valence-electron chi connectivity index (χ3n) is 6.83. The summed E-state index contributed by atoms with van der Waals surface area (Å²) < 4.78 is 19.0. The van der Waals surface area contributed by atoms with Gasteiger partial charge in [-0.1, -0.05) is 58.8 Å². The quantitative estimate of drug-likeness (QED) is 0.153. The molecule has 0 spiro atoms. The van der Waals surface area contributed by atoms with Gasteiger partial charge in [-0.3, -0.25) is 9.36 Å². The number of nitrogens with zero attached hydrogens (tertiary/aromatic N) is 2. The van der Waals surface area contributed by atoms with Crippen molar-refractivity contribution >= 4 is 58.3 Å².